The molecule has 18 heteroatoms. The number of anilines is 1. The van der Waals surface area contributed by atoms with Crippen molar-refractivity contribution in [2.45, 2.75) is 126 Å². The van der Waals surface area contributed by atoms with E-state index < -0.39 is 37.2 Å². The van der Waals surface area contributed by atoms with E-state index in [0.29, 0.717) is 0 Å². The topological polar surface area (TPSA) is 245 Å². The smallest absolute Gasteiger partial charge is 0.333 e. The Morgan fingerprint density at radius 1 is 0.759 bits per heavy atom. The van der Waals surface area contributed by atoms with Gasteiger partial charge in [-0.3, -0.25) is 9.36 Å². The molecule has 2 aromatic heterocycles. The number of aliphatic hydroxyl groups is 2. The maximum atomic E-state index is 12.6. The number of aryl methyl sites for hydroxylation is 4. The molecule has 4 aliphatic rings. The summed E-state index contributed by atoms with van der Waals surface area (Å²) in [5, 5.41) is 42.2. The molecular weight excluding hydrogens is 785 g/mol. The molecule has 312 valence electrons. The number of sulfonamides is 2. The van der Waals surface area contributed by atoms with Crippen molar-refractivity contribution in [3.63, 3.8) is 0 Å². The number of ether oxygens (including phenoxy) is 1. The number of aliphatic hydroxyl groups excluding tert-OH is 2. The maximum absolute atomic E-state index is 12.6. The Morgan fingerprint density at radius 3 is 1.59 bits per heavy atom. The van der Waals surface area contributed by atoms with Crippen LogP contribution in [0.15, 0.2) is 46.7 Å². The normalized spacial score (nSPS) is 15.5. The number of carbonyl (C=O) groups is 1. The van der Waals surface area contributed by atoms with Crippen LogP contribution in [0.25, 0.3) is 0 Å². The first kappa shape index (κ1) is 42.8. The highest BCUT2D eigenvalue weighted by Crippen LogP contribution is 2.40. The molecule has 4 aromatic rings. The van der Waals surface area contributed by atoms with Crippen LogP contribution in [0.4, 0.5) is 10.5 Å². The Balaban J connectivity index is 0.000000164. The molecular formula is C40H52N8O8S2. The number of aromatic nitrogens is 4. The van der Waals surface area contributed by atoms with Gasteiger partial charge in [-0.2, -0.15) is 18.6 Å². The third-order valence-electron chi connectivity index (χ3n) is 11.2. The van der Waals surface area contributed by atoms with Gasteiger partial charge in [-0.25, -0.2) is 23.1 Å². The number of fused-ring (bicyclic) bond motifs is 4. The zero-order valence-electron chi connectivity index (χ0n) is 33.3. The number of nitrogens with two attached hydrogens (primary N) is 1. The number of benzene rings is 2. The second-order valence-electron chi connectivity index (χ2n) is 16.4. The summed E-state index contributed by atoms with van der Waals surface area (Å²) in [6.07, 6.45) is 17.6. The van der Waals surface area contributed by atoms with Gasteiger partial charge in [-0.1, -0.05) is 12.1 Å². The standard InChI is InChI=1S/C20H26N4O4S.C13H13NO.C7H13N3O3S/c1-20(2,12-25)24-10-9-17(22-24)29(27,28)23-19(26)21-18-15-7-3-5-13(15)11-14-6-4-8-16(14)18;14-8-15-13-11-5-1-3-9(11)7-10-4-2-6-12(10)13;1-7(2,5-11)10-4-3-6(9-10)14(8,12)13/h9-11,25H,3-8,12H2,1-2H3,(H2,21,23,26);7H,1-6H2;3-4,11H,5H2,1-2H3,(H2,8,12,13). The molecule has 0 aliphatic heterocycles. The van der Waals surface area contributed by atoms with E-state index in [9.17, 15) is 26.7 Å². The molecule has 8 rings (SSSR count). The van der Waals surface area contributed by atoms with Crippen LogP contribution in [0.2, 0.25) is 0 Å². The number of nitriles is 1. The van der Waals surface area contributed by atoms with Gasteiger partial charge >= 0.3 is 6.03 Å². The molecule has 6 N–H and O–H groups in total. The molecule has 16 nitrogen and oxygen atoms in total. The molecule has 4 aliphatic carbocycles. The fourth-order valence-corrected chi connectivity index (χ4v) is 9.23. The monoisotopic (exact) mass is 836 g/mol. The van der Waals surface area contributed by atoms with Crippen molar-refractivity contribution in [2.75, 3.05) is 18.5 Å². The van der Waals surface area contributed by atoms with E-state index in [1.54, 1.807) is 27.7 Å². The first-order valence-corrected chi connectivity index (χ1v) is 22.5. The number of amides is 2. The fraction of sp³-hybridized carbons (Fsp3) is 0.500. The number of nitrogens with zero attached hydrogens (tertiary/aromatic N) is 5. The summed E-state index contributed by atoms with van der Waals surface area (Å²) < 4.78 is 57.0. The summed E-state index contributed by atoms with van der Waals surface area (Å²) in [5.41, 5.74) is 9.62. The van der Waals surface area contributed by atoms with Crippen molar-refractivity contribution < 1.29 is 36.6 Å². The number of nitrogens with one attached hydrogen (secondary N) is 2. The van der Waals surface area contributed by atoms with Crippen LogP contribution in [0.3, 0.4) is 0 Å². The van der Waals surface area contributed by atoms with Crippen LogP contribution in [-0.4, -0.2) is 65.9 Å². The van der Waals surface area contributed by atoms with Crippen molar-refractivity contribution in [1.82, 2.24) is 24.3 Å². The minimum atomic E-state index is -4.13. The summed E-state index contributed by atoms with van der Waals surface area (Å²) in [6.45, 7) is 6.57. The van der Waals surface area contributed by atoms with Gasteiger partial charge in [0.05, 0.1) is 24.3 Å². The van der Waals surface area contributed by atoms with Gasteiger partial charge in [-0.05, 0) is 161 Å². The molecule has 2 aromatic carbocycles. The third kappa shape index (κ3) is 9.08. The molecule has 0 saturated carbocycles. The third-order valence-corrected chi connectivity index (χ3v) is 13.2. The van der Waals surface area contributed by atoms with Crippen LogP contribution < -0.4 is 19.9 Å². The second kappa shape index (κ2) is 16.8. The molecule has 2 amide bonds. The van der Waals surface area contributed by atoms with E-state index in [1.807, 2.05) is 6.26 Å². The number of primary sulfonamides is 1. The molecule has 0 unspecified atom stereocenters. The van der Waals surface area contributed by atoms with E-state index in [-0.39, 0.29) is 23.3 Å². The largest absolute Gasteiger partial charge is 0.394 e. The molecule has 0 radical (unpaired) electrons. The van der Waals surface area contributed by atoms with Crippen molar-refractivity contribution in [2.24, 2.45) is 5.14 Å². The van der Waals surface area contributed by atoms with Crippen LogP contribution in [0.1, 0.15) is 97.9 Å². The van der Waals surface area contributed by atoms with E-state index >= 15 is 0 Å². The first-order valence-electron chi connectivity index (χ1n) is 19.5. The highest BCUT2D eigenvalue weighted by molar-refractivity contribution is 7.90. The number of hydrogen-bond donors (Lipinski definition) is 5. The van der Waals surface area contributed by atoms with Crippen molar-refractivity contribution in [1.29, 1.82) is 5.26 Å². The number of carbonyl (C=O) groups excluding carboxylic acids is 1. The van der Waals surface area contributed by atoms with Gasteiger partial charge in [0.25, 0.3) is 26.3 Å². The summed E-state index contributed by atoms with van der Waals surface area (Å²) in [4.78, 5) is 12.6. The van der Waals surface area contributed by atoms with Gasteiger partial charge in [-0.15, -0.1) is 5.26 Å². The average molecular weight is 837 g/mol. The Labute approximate surface area is 339 Å². The number of rotatable bonds is 9. The second-order valence-corrected chi connectivity index (χ2v) is 19.5. The highest BCUT2D eigenvalue weighted by atomic mass is 32.2. The number of urea groups is 1. The predicted molar refractivity (Wildman–Crippen MR) is 215 cm³/mol. The Kier molecular flexibility index (Phi) is 12.4. The Morgan fingerprint density at radius 2 is 1.17 bits per heavy atom. The molecule has 58 heavy (non-hydrogen) atoms. The maximum Gasteiger partial charge on any atom is 0.333 e. The quantitative estimate of drug-likeness (QED) is 0.152. The van der Waals surface area contributed by atoms with Crippen LogP contribution in [0, 0.1) is 11.5 Å². The minimum absolute atomic E-state index is 0.140. The molecule has 0 saturated heterocycles. The van der Waals surface area contributed by atoms with Gasteiger partial charge in [0, 0.05) is 18.1 Å². The summed E-state index contributed by atoms with van der Waals surface area (Å²) in [5.74, 6) is 0.903. The van der Waals surface area contributed by atoms with Crippen molar-refractivity contribution in [3.05, 3.63) is 81.2 Å². The molecule has 0 atom stereocenters. The fourth-order valence-electron chi connectivity index (χ4n) is 7.94. The SMILES string of the molecule is CC(C)(CO)n1ccc(S(=O)(=O)NC(=O)Nc2c3c(cc4c2CCC4)CCC3)n1.CC(C)(CO)n1ccc(S(N)(=O)=O)n1.N#COc1c2c(cc3c1CCC3)CCC2. The Hall–Kier alpha value is -4.80. The lowest BCUT2D eigenvalue weighted by Gasteiger charge is -2.22. The van der Waals surface area contributed by atoms with Crippen molar-refractivity contribution >= 4 is 31.8 Å². The molecule has 0 spiro atoms. The van der Waals surface area contributed by atoms with E-state index in [2.05, 4.69) is 32.4 Å². The lowest BCUT2D eigenvalue weighted by molar-refractivity contribution is 0.151. The van der Waals surface area contributed by atoms with E-state index in [1.165, 1.54) is 80.1 Å². The number of hydrogen-bond acceptors (Lipinski definition) is 11. The lowest BCUT2D eigenvalue weighted by atomic mass is 9.99. The average Bonchev–Trinajstić information content (AvgIpc) is 4.02. The van der Waals surface area contributed by atoms with Gasteiger partial charge in [0.1, 0.15) is 5.75 Å². The van der Waals surface area contributed by atoms with Crippen molar-refractivity contribution in [3.8, 4) is 12.0 Å². The summed E-state index contributed by atoms with van der Waals surface area (Å²) >= 11 is 0. The predicted octanol–water partition coefficient (Wildman–Crippen LogP) is 3.88. The van der Waals surface area contributed by atoms with E-state index in [4.69, 9.17) is 20.2 Å². The van der Waals surface area contributed by atoms with E-state index in [0.717, 1.165) is 86.8 Å². The minimum Gasteiger partial charge on any atom is -0.394 e. The first-order chi connectivity index (χ1) is 27.4. The van der Waals surface area contributed by atoms with Crippen LogP contribution in [0.5, 0.6) is 5.75 Å². The van der Waals surface area contributed by atoms with Crippen LogP contribution in [-0.2, 0) is 82.5 Å². The highest BCUT2D eigenvalue weighted by Gasteiger charge is 2.29. The summed E-state index contributed by atoms with van der Waals surface area (Å²) in [7, 11) is -7.90. The Bertz CT molecular complexity index is 2400. The summed E-state index contributed by atoms with van der Waals surface area (Å²) in [6, 6.07) is 6.42. The van der Waals surface area contributed by atoms with Gasteiger partial charge < -0.3 is 20.3 Å². The zero-order chi connectivity index (χ0) is 42.0. The zero-order valence-corrected chi connectivity index (χ0v) is 35.0. The molecule has 0 bridgehead atoms. The van der Waals surface area contributed by atoms with Gasteiger partial charge in [0.15, 0.2) is 10.1 Å². The molecule has 2 heterocycles. The van der Waals surface area contributed by atoms with Crippen LogP contribution >= 0.6 is 0 Å². The molecule has 0 fully saturated rings. The lowest BCUT2D eigenvalue weighted by Crippen LogP contribution is -2.36. The van der Waals surface area contributed by atoms with Gasteiger partial charge in [0.2, 0.25) is 0 Å².